The number of hydrogen-bond acceptors (Lipinski definition) is 1. The van der Waals surface area contributed by atoms with E-state index in [9.17, 15) is 0 Å². The lowest BCUT2D eigenvalue weighted by Crippen LogP contribution is -1.93. The topological polar surface area (TPSA) is 9.23 Å². The fraction of sp³-hybridized carbons (Fsp3) is 0.600. The van der Waals surface area contributed by atoms with Crippen molar-refractivity contribution in [3.8, 4) is 12.3 Å². The highest BCUT2D eigenvalue weighted by Gasteiger charge is 1.76. The lowest BCUT2D eigenvalue weighted by Gasteiger charge is -1.90. The van der Waals surface area contributed by atoms with Gasteiger partial charge in [0.05, 0.1) is 6.61 Å². The van der Waals surface area contributed by atoms with Crippen LogP contribution in [-0.4, -0.2) is 19.1 Å². The summed E-state index contributed by atoms with van der Waals surface area (Å²) in [5, 5.41) is 0. The van der Waals surface area contributed by atoms with Crippen LogP contribution in [0.3, 0.4) is 0 Å². The third-order valence-electron chi connectivity index (χ3n) is 0.407. The summed E-state index contributed by atoms with van der Waals surface area (Å²) in [6.45, 7) is 0.915. The number of hydrogen-bond donors (Lipinski definition) is 0. The van der Waals surface area contributed by atoms with Crippen LogP contribution in [0, 0.1) is 12.3 Å². The Labute approximate surface area is 48.6 Å². The van der Waals surface area contributed by atoms with Gasteiger partial charge in [0.2, 0.25) is 0 Å². The fourth-order valence-electron chi connectivity index (χ4n) is 0.186. The normalized spacial score (nSPS) is 8.00. The van der Waals surface area contributed by atoms with Crippen molar-refractivity contribution in [2.75, 3.05) is 19.1 Å². The highest BCUT2D eigenvalue weighted by molar-refractivity contribution is 6.17. The predicted octanol–water partition coefficient (Wildman–Crippen LogP) is 0.875. The lowest BCUT2D eigenvalue weighted by atomic mass is 10.7. The average molecular weight is 119 g/mol. The van der Waals surface area contributed by atoms with Crippen LogP contribution in [0.5, 0.6) is 0 Å². The molecule has 0 rings (SSSR count). The van der Waals surface area contributed by atoms with Crippen LogP contribution in [-0.2, 0) is 4.74 Å². The fourth-order valence-corrected chi connectivity index (χ4v) is 0.295. The number of rotatable bonds is 3. The third-order valence-corrected chi connectivity index (χ3v) is 0.561. The molecule has 0 N–H and O–H groups in total. The Bertz CT molecular complexity index is 65.0. The van der Waals surface area contributed by atoms with Gasteiger partial charge in [0, 0.05) is 5.88 Å². The summed E-state index contributed by atoms with van der Waals surface area (Å²) in [4.78, 5) is 0. The predicted molar refractivity (Wildman–Crippen MR) is 30.4 cm³/mol. The van der Waals surface area contributed by atoms with Gasteiger partial charge in [-0.05, 0) is 0 Å². The van der Waals surface area contributed by atoms with E-state index >= 15 is 0 Å². The standard InChI is InChI=1S/C5H7ClO/c1-2-4-7-5-3-6/h1H,3-5H2. The summed E-state index contributed by atoms with van der Waals surface area (Å²) in [5.74, 6) is 2.84. The first-order valence-corrected chi connectivity index (χ1v) is 2.52. The van der Waals surface area contributed by atoms with Crippen molar-refractivity contribution in [2.24, 2.45) is 0 Å². The van der Waals surface area contributed by atoms with E-state index in [4.69, 9.17) is 22.8 Å². The molecule has 0 spiro atoms. The summed E-state index contributed by atoms with van der Waals surface area (Å²) in [7, 11) is 0. The maximum Gasteiger partial charge on any atom is 0.107 e. The molecule has 0 fully saturated rings. The van der Waals surface area contributed by atoms with Gasteiger partial charge in [-0.3, -0.25) is 0 Å². The van der Waals surface area contributed by atoms with Crippen LogP contribution >= 0.6 is 11.6 Å². The van der Waals surface area contributed by atoms with Crippen molar-refractivity contribution < 1.29 is 4.74 Å². The maximum absolute atomic E-state index is 5.24. The smallest absolute Gasteiger partial charge is 0.107 e. The number of terminal acetylenes is 1. The van der Waals surface area contributed by atoms with Gasteiger partial charge in [-0.1, -0.05) is 5.92 Å². The molecule has 0 aromatic rings. The monoisotopic (exact) mass is 118 g/mol. The highest BCUT2D eigenvalue weighted by atomic mass is 35.5. The molecule has 0 aliphatic rings. The summed E-state index contributed by atoms with van der Waals surface area (Å²) in [6.07, 6.45) is 4.85. The molecular weight excluding hydrogens is 112 g/mol. The zero-order chi connectivity index (χ0) is 5.54. The second-order valence-corrected chi connectivity index (χ2v) is 1.32. The summed E-state index contributed by atoms with van der Waals surface area (Å²) in [5.41, 5.74) is 0. The Hall–Kier alpha value is -0.190. The highest BCUT2D eigenvalue weighted by Crippen LogP contribution is 1.75. The van der Waals surface area contributed by atoms with E-state index in [0.717, 1.165) is 0 Å². The van der Waals surface area contributed by atoms with Crippen molar-refractivity contribution in [1.82, 2.24) is 0 Å². The largest absolute Gasteiger partial charge is 0.368 e. The molecule has 2 heteroatoms. The zero-order valence-corrected chi connectivity index (χ0v) is 4.74. The van der Waals surface area contributed by atoms with Crippen molar-refractivity contribution in [3.05, 3.63) is 0 Å². The van der Waals surface area contributed by atoms with E-state index in [1.54, 1.807) is 0 Å². The van der Waals surface area contributed by atoms with Gasteiger partial charge in [-0.15, -0.1) is 18.0 Å². The summed E-state index contributed by atoms with van der Waals surface area (Å²) >= 11 is 5.24. The van der Waals surface area contributed by atoms with E-state index in [2.05, 4.69) is 5.92 Å². The van der Waals surface area contributed by atoms with Crippen LogP contribution in [0.2, 0.25) is 0 Å². The molecule has 0 aliphatic carbocycles. The first kappa shape index (κ1) is 6.81. The minimum absolute atomic E-state index is 0.368. The molecular formula is C5H7ClO. The van der Waals surface area contributed by atoms with E-state index in [-0.39, 0.29) is 0 Å². The second kappa shape index (κ2) is 5.81. The molecule has 0 unspecified atom stereocenters. The number of halogens is 1. The Balaban J connectivity index is 2.60. The van der Waals surface area contributed by atoms with Crippen LogP contribution in [0.15, 0.2) is 0 Å². The van der Waals surface area contributed by atoms with Crippen molar-refractivity contribution >= 4 is 11.6 Å². The van der Waals surface area contributed by atoms with Crippen LogP contribution in [0.1, 0.15) is 0 Å². The van der Waals surface area contributed by atoms with Crippen molar-refractivity contribution in [1.29, 1.82) is 0 Å². The summed E-state index contributed by atoms with van der Waals surface area (Å²) < 4.78 is 4.76. The van der Waals surface area contributed by atoms with Crippen molar-refractivity contribution in [2.45, 2.75) is 0 Å². The Morgan fingerprint density at radius 1 is 1.71 bits per heavy atom. The molecule has 0 saturated heterocycles. The zero-order valence-electron chi connectivity index (χ0n) is 3.98. The van der Waals surface area contributed by atoms with Gasteiger partial charge in [-0.2, -0.15) is 0 Å². The summed E-state index contributed by atoms with van der Waals surface area (Å²) in [6, 6.07) is 0. The number of ether oxygens (including phenoxy) is 1. The van der Waals surface area contributed by atoms with Gasteiger partial charge in [0.25, 0.3) is 0 Å². The quantitative estimate of drug-likeness (QED) is 0.304. The first-order valence-electron chi connectivity index (χ1n) is 1.99. The SMILES string of the molecule is C#CCOCCCl. The van der Waals surface area contributed by atoms with E-state index in [1.807, 2.05) is 0 Å². The van der Waals surface area contributed by atoms with E-state index in [0.29, 0.717) is 19.1 Å². The molecule has 1 nitrogen and oxygen atoms in total. The Morgan fingerprint density at radius 3 is 2.86 bits per heavy atom. The molecule has 0 aromatic heterocycles. The molecule has 0 aliphatic heterocycles. The van der Waals surface area contributed by atoms with E-state index < -0.39 is 0 Å². The van der Waals surface area contributed by atoms with Crippen LogP contribution in [0.25, 0.3) is 0 Å². The molecule has 0 saturated carbocycles. The first-order chi connectivity index (χ1) is 3.41. The molecule has 0 atom stereocenters. The molecule has 0 bridgehead atoms. The minimum Gasteiger partial charge on any atom is -0.368 e. The lowest BCUT2D eigenvalue weighted by molar-refractivity contribution is 0.184. The van der Waals surface area contributed by atoms with Gasteiger partial charge < -0.3 is 4.74 Å². The molecule has 0 aromatic carbocycles. The molecule has 40 valence electrons. The van der Waals surface area contributed by atoms with Gasteiger partial charge >= 0.3 is 0 Å². The molecule has 0 radical (unpaired) electrons. The van der Waals surface area contributed by atoms with Crippen LogP contribution in [0.4, 0.5) is 0 Å². The Morgan fingerprint density at radius 2 is 2.43 bits per heavy atom. The second-order valence-electron chi connectivity index (χ2n) is 0.946. The average Bonchev–Trinajstić information content (AvgIpc) is 1.69. The molecule has 7 heavy (non-hydrogen) atoms. The van der Waals surface area contributed by atoms with Gasteiger partial charge in [-0.25, -0.2) is 0 Å². The van der Waals surface area contributed by atoms with Crippen molar-refractivity contribution in [3.63, 3.8) is 0 Å². The maximum atomic E-state index is 5.24. The van der Waals surface area contributed by atoms with Crippen LogP contribution < -0.4 is 0 Å². The molecule has 0 amide bonds. The van der Waals surface area contributed by atoms with E-state index in [1.165, 1.54) is 0 Å². The minimum atomic E-state index is 0.368. The van der Waals surface area contributed by atoms with Gasteiger partial charge in [0.1, 0.15) is 6.61 Å². The third kappa shape index (κ3) is 5.81. The van der Waals surface area contributed by atoms with Gasteiger partial charge in [0.15, 0.2) is 0 Å². The number of alkyl halides is 1. The Kier molecular flexibility index (Phi) is 5.65. The molecule has 0 heterocycles.